The summed E-state index contributed by atoms with van der Waals surface area (Å²) in [5.74, 6) is 1.40. The van der Waals surface area contributed by atoms with Gasteiger partial charge in [0.25, 0.3) is 0 Å². The Balaban J connectivity index is 1.57. The number of morpholine rings is 1. The van der Waals surface area contributed by atoms with E-state index in [1.54, 1.807) is 6.92 Å². The molecule has 2 saturated heterocycles. The molecule has 2 aliphatic heterocycles. The Morgan fingerprint density at radius 1 is 1.29 bits per heavy atom. The van der Waals surface area contributed by atoms with E-state index in [2.05, 4.69) is 4.90 Å². The number of rotatable bonds is 7. The van der Waals surface area contributed by atoms with Gasteiger partial charge in [-0.05, 0) is 25.3 Å². The SMILES string of the molecule is CC(=O)SCC1CC(=O)N(CCCCN2CCOCC2)C1. The Morgan fingerprint density at radius 2 is 2.00 bits per heavy atom. The molecule has 2 fully saturated rings. The summed E-state index contributed by atoms with van der Waals surface area (Å²) >= 11 is 1.34. The molecule has 2 rings (SSSR count). The average Bonchev–Trinajstić information content (AvgIpc) is 2.83. The lowest BCUT2D eigenvalue weighted by atomic mass is 10.1. The molecule has 1 unspecified atom stereocenters. The maximum Gasteiger partial charge on any atom is 0.222 e. The number of nitrogens with zero attached hydrogens (tertiary/aromatic N) is 2. The molecule has 0 aromatic heterocycles. The Bertz CT molecular complexity index is 359. The van der Waals surface area contributed by atoms with E-state index in [0.717, 1.165) is 64.5 Å². The summed E-state index contributed by atoms with van der Waals surface area (Å²) in [5, 5.41) is 0.145. The highest BCUT2D eigenvalue weighted by molar-refractivity contribution is 8.13. The van der Waals surface area contributed by atoms with Crippen LogP contribution in [-0.4, -0.2) is 72.5 Å². The fourth-order valence-corrected chi connectivity index (χ4v) is 3.57. The van der Waals surface area contributed by atoms with E-state index in [4.69, 9.17) is 4.74 Å². The number of amides is 1. The van der Waals surface area contributed by atoms with Gasteiger partial charge < -0.3 is 9.64 Å². The van der Waals surface area contributed by atoms with Crippen molar-refractivity contribution in [2.24, 2.45) is 5.92 Å². The average molecular weight is 314 g/mol. The van der Waals surface area contributed by atoms with Gasteiger partial charge in [-0.2, -0.15) is 0 Å². The van der Waals surface area contributed by atoms with Crippen molar-refractivity contribution in [3.05, 3.63) is 0 Å². The van der Waals surface area contributed by atoms with Crippen LogP contribution in [0.1, 0.15) is 26.2 Å². The first kappa shape index (κ1) is 16.8. The maximum absolute atomic E-state index is 11.9. The third kappa shape index (κ3) is 5.96. The van der Waals surface area contributed by atoms with E-state index in [1.165, 1.54) is 11.8 Å². The third-order valence-corrected chi connectivity index (χ3v) is 5.12. The minimum atomic E-state index is 0.145. The highest BCUT2D eigenvalue weighted by Gasteiger charge is 2.29. The molecule has 0 aliphatic carbocycles. The number of carbonyl (C=O) groups is 2. The zero-order chi connectivity index (χ0) is 15.1. The molecule has 5 nitrogen and oxygen atoms in total. The summed E-state index contributed by atoms with van der Waals surface area (Å²) in [6, 6.07) is 0. The van der Waals surface area contributed by atoms with Crippen LogP contribution >= 0.6 is 11.8 Å². The van der Waals surface area contributed by atoms with E-state index >= 15 is 0 Å². The van der Waals surface area contributed by atoms with Crippen LogP contribution in [-0.2, 0) is 14.3 Å². The van der Waals surface area contributed by atoms with Crippen molar-refractivity contribution in [1.29, 1.82) is 0 Å². The first-order valence-electron chi connectivity index (χ1n) is 7.86. The second-order valence-electron chi connectivity index (χ2n) is 5.87. The van der Waals surface area contributed by atoms with Crippen LogP contribution in [0, 0.1) is 5.92 Å². The van der Waals surface area contributed by atoms with Gasteiger partial charge in [0.1, 0.15) is 0 Å². The Morgan fingerprint density at radius 3 is 2.71 bits per heavy atom. The summed E-state index contributed by atoms with van der Waals surface area (Å²) < 4.78 is 5.33. The lowest BCUT2D eigenvalue weighted by molar-refractivity contribution is -0.127. The maximum atomic E-state index is 11.9. The molecule has 0 spiro atoms. The molecule has 0 saturated carbocycles. The molecule has 120 valence electrons. The quantitative estimate of drug-likeness (QED) is 0.662. The lowest BCUT2D eigenvalue weighted by Gasteiger charge is -2.26. The molecule has 21 heavy (non-hydrogen) atoms. The summed E-state index contributed by atoms with van der Waals surface area (Å²) in [4.78, 5) is 27.3. The van der Waals surface area contributed by atoms with Crippen molar-refractivity contribution >= 4 is 22.8 Å². The number of hydrogen-bond donors (Lipinski definition) is 0. The van der Waals surface area contributed by atoms with E-state index < -0.39 is 0 Å². The summed E-state index contributed by atoms with van der Waals surface area (Å²) in [6.45, 7) is 8.15. The minimum Gasteiger partial charge on any atom is -0.379 e. The van der Waals surface area contributed by atoms with Crippen LogP contribution in [0.3, 0.4) is 0 Å². The van der Waals surface area contributed by atoms with Gasteiger partial charge in [0, 0.05) is 45.3 Å². The molecule has 2 aliphatic rings. The predicted molar refractivity (Wildman–Crippen MR) is 84.3 cm³/mol. The Labute approximate surface area is 131 Å². The largest absolute Gasteiger partial charge is 0.379 e. The predicted octanol–water partition coefficient (Wildman–Crippen LogP) is 1.23. The number of carbonyl (C=O) groups excluding carboxylic acids is 2. The monoisotopic (exact) mass is 314 g/mol. The van der Waals surface area contributed by atoms with Crippen LogP contribution in [0.25, 0.3) is 0 Å². The first-order chi connectivity index (χ1) is 10.1. The standard InChI is InChI=1S/C15H26N2O3S/c1-13(18)21-12-14-10-15(19)17(11-14)5-3-2-4-16-6-8-20-9-7-16/h14H,2-12H2,1H3. The normalized spacial score (nSPS) is 23.8. The van der Waals surface area contributed by atoms with Crippen molar-refractivity contribution in [2.75, 3.05) is 51.7 Å². The van der Waals surface area contributed by atoms with E-state index in [0.29, 0.717) is 12.3 Å². The van der Waals surface area contributed by atoms with Crippen LogP contribution < -0.4 is 0 Å². The van der Waals surface area contributed by atoms with E-state index in [-0.39, 0.29) is 11.0 Å². The summed E-state index contributed by atoms with van der Waals surface area (Å²) in [6.07, 6.45) is 2.82. The number of unbranched alkanes of at least 4 members (excludes halogenated alkanes) is 1. The van der Waals surface area contributed by atoms with Gasteiger partial charge >= 0.3 is 0 Å². The van der Waals surface area contributed by atoms with Crippen molar-refractivity contribution in [1.82, 2.24) is 9.80 Å². The van der Waals surface area contributed by atoms with Crippen LogP contribution in [0.4, 0.5) is 0 Å². The molecular weight excluding hydrogens is 288 g/mol. The van der Waals surface area contributed by atoms with Crippen molar-refractivity contribution in [2.45, 2.75) is 26.2 Å². The Hall–Kier alpha value is -0.590. The number of ether oxygens (including phenoxy) is 1. The van der Waals surface area contributed by atoms with Crippen LogP contribution in [0.5, 0.6) is 0 Å². The van der Waals surface area contributed by atoms with Crippen LogP contribution in [0.2, 0.25) is 0 Å². The van der Waals surface area contributed by atoms with Gasteiger partial charge in [0.2, 0.25) is 5.91 Å². The molecule has 1 atom stereocenters. The third-order valence-electron chi connectivity index (χ3n) is 4.07. The van der Waals surface area contributed by atoms with Gasteiger partial charge in [0.15, 0.2) is 5.12 Å². The number of hydrogen-bond acceptors (Lipinski definition) is 5. The zero-order valence-corrected chi connectivity index (χ0v) is 13.7. The lowest BCUT2D eigenvalue weighted by Crippen LogP contribution is -2.37. The molecule has 6 heteroatoms. The first-order valence-corrected chi connectivity index (χ1v) is 8.85. The smallest absolute Gasteiger partial charge is 0.222 e. The molecule has 0 aromatic rings. The van der Waals surface area contributed by atoms with Crippen LogP contribution in [0.15, 0.2) is 0 Å². The topological polar surface area (TPSA) is 49.9 Å². The van der Waals surface area contributed by atoms with Gasteiger partial charge in [-0.15, -0.1) is 0 Å². The second kappa shape index (κ2) is 8.76. The molecule has 0 radical (unpaired) electrons. The van der Waals surface area contributed by atoms with E-state index in [9.17, 15) is 9.59 Å². The van der Waals surface area contributed by atoms with Crippen molar-refractivity contribution in [3.8, 4) is 0 Å². The van der Waals surface area contributed by atoms with E-state index in [1.807, 2.05) is 4.90 Å². The fraction of sp³-hybridized carbons (Fsp3) is 0.867. The minimum absolute atomic E-state index is 0.145. The Kier molecular flexibility index (Phi) is 6.99. The fourth-order valence-electron chi connectivity index (χ4n) is 2.88. The van der Waals surface area contributed by atoms with Crippen molar-refractivity contribution < 1.29 is 14.3 Å². The number of likely N-dealkylation sites (tertiary alicyclic amines) is 1. The molecule has 0 N–H and O–H groups in total. The number of thioether (sulfide) groups is 1. The van der Waals surface area contributed by atoms with Gasteiger partial charge in [0.05, 0.1) is 13.2 Å². The van der Waals surface area contributed by atoms with Gasteiger partial charge in [-0.1, -0.05) is 11.8 Å². The highest BCUT2D eigenvalue weighted by atomic mass is 32.2. The molecule has 0 bridgehead atoms. The molecular formula is C15H26N2O3S. The van der Waals surface area contributed by atoms with Gasteiger partial charge in [-0.25, -0.2) is 0 Å². The molecule has 2 heterocycles. The van der Waals surface area contributed by atoms with Gasteiger partial charge in [-0.3, -0.25) is 14.5 Å². The van der Waals surface area contributed by atoms with Crippen molar-refractivity contribution in [3.63, 3.8) is 0 Å². The molecule has 0 aromatic carbocycles. The summed E-state index contributed by atoms with van der Waals surface area (Å²) in [5.41, 5.74) is 0. The highest BCUT2D eigenvalue weighted by Crippen LogP contribution is 2.22. The zero-order valence-electron chi connectivity index (χ0n) is 12.9. The second-order valence-corrected chi connectivity index (χ2v) is 7.07. The summed E-state index contributed by atoms with van der Waals surface area (Å²) in [7, 11) is 0. The molecule has 1 amide bonds.